The molecule has 0 saturated carbocycles. The summed E-state index contributed by atoms with van der Waals surface area (Å²) in [6.07, 6.45) is 9.69. The zero-order valence-corrected chi connectivity index (χ0v) is 8.19. The summed E-state index contributed by atoms with van der Waals surface area (Å²) >= 11 is 0. The Morgan fingerprint density at radius 2 is 2.21 bits per heavy atom. The number of nitrogens with zero attached hydrogens (tertiary/aromatic N) is 1. The molecule has 0 aliphatic carbocycles. The van der Waals surface area contributed by atoms with Crippen LogP contribution in [0.4, 0.5) is 0 Å². The van der Waals surface area contributed by atoms with Gasteiger partial charge in [0.1, 0.15) is 0 Å². The highest BCUT2D eigenvalue weighted by Crippen LogP contribution is 2.12. The number of amides is 1. The summed E-state index contributed by atoms with van der Waals surface area (Å²) in [7, 11) is 0. The second-order valence-electron chi connectivity index (χ2n) is 3.64. The van der Waals surface area contributed by atoms with Crippen LogP contribution in [0.1, 0.15) is 12.8 Å². The number of carbonyl (C=O) groups is 1. The molecule has 1 saturated heterocycles. The molecular formula is C11H15NO2. The van der Waals surface area contributed by atoms with E-state index in [-0.39, 0.29) is 5.91 Å². The Hall–Kier alpha value is -1.09. The molecule has 0 aromatic heterocycles. The first-order chi connectivity index (χ1) is 6.86. The average Bonchev–Trinajstić information content (AvgIpc) is 2.96. The van der Waals surface area contributed by atoms with Crippen molar-refractivity contribution >= 4 is 5.91 Å². The lowest BCUT2D eigenvalue weighted by Gasteiger charge is -2.20. The molecule has 0 radical (unpaired) electrons. The summed E-state index contributed by atoms with van der Waals surface area (Å²) in [5.74, 6) is 0.209. The molecule has 2 aliphatic rings. The van der Waals surface area contributed by atoms with E-state index in [9.17, 15) is 4.79 Å². The molecule has 76 valence electrons. The number of carbonyl (C=O) groups excluding carboxylic acids is 1. The normalized spacial score (nSPS) is 31.6. The highest BCUT2D eigenvalue weighted by atomic mass is 16.6. The van der Waals surface area contributed by atoms with Crippen molar-refractivity contribution in [1.29, 1.82) is 0 Å². The third-order valence-electron chi connectivity index (χ3n) is 2.42. The zero-order valence-electron chi connectivity index (χ0n) is 8.19. The fraction of sp³-hybridized carbons (Fsp3) is 0.545. The van der Waals surface area contributed by atoms with Gasteiger partial charge in [-0.3, -0.25) is 4.79 Å². The monoisotopic (exact) mass is 193 g/mol. The second kappa shape index (κ2) is 4.42. The first-order valence-corrected chi connectivity index (χ1v) is 5.07. The molecule has 0 aromatic carbocycles. The molecule has 1 amide bonds. The van der Waals surface area contributed by atoms with Crippen LogP contribution in [0, 0.1) is 0 Å². The van der Waals surface area contributed by atoms with Crippen molar-refractivity contribution < 1.29 is 9.53 Å². The molecule has 2 rings (SSSR count). The molecule has 1 fully saturated rings. The Balaban J connectivity index is 1.93. The topological polar surface area (TPSA) is 32.8 Å². The first kappa shape index (κ1) is 9.46. The summed E-state index contributed by atoms with van der Waals surface area (Å²) in [4.78, 5) is 13.6. The Morgan fingerprint density at radius 3 is 3.00 bits per heavy atom. The summed E-state index contributed by atoms with van der Waals surface area (Å²) in [5, 5.41) is 0. The number of rotatable bonds is 2. The van der Waals surface area contributed by atoms with E-state index < -0.39 is 0 Å². The summed E-state index contributed by atoms with van der Waals surface area (Å²) < 4.78 is 5.13. The zero-order chi connectivity index (χ0) is 9.80. The quantitative estimate of drug-likeness (QED) is 0.616. The summed E-state index contributed by atoms with van der Waals surface area (Å²) in [6, 6.07) is 0. The Bertz CT molecular complexity index is 266. The maximum Gasteiger partial charge on any atom is 0.226 e. The predicted molar refractivity (Wildman–Crippen MR) is 53.8 cm³/mol. The van der Waals surface area contributed by atoms with Gasteiger partial charge < -0.3 is 9.64 Å². The van der Waals surface area contributed by atoms with Gasteiger partial charge in [-0.2, -0.15) is 0 Å². The van der Waals surface area contributed by atoms with Crippen LogP contribution < -0.4 is 0 Å². The molecule has 1 unspecified atom stereocenters. The van der Waals surface area contributed by atoms with Crippen LogP contribution in [-0.4, -0.2) is 36.6 Å². The highest BCUT2D eigenvalue weighted by molar-refractivity contribution is 5.77. The van der Waals surface area contributed by atoms with Gasteiger partial charge in [-0.05, 0) is 6.42 Å². The molecule has 14 heavy (non-hydrogen) atoms. The summed E-state index contributed by atoms with van der Waals surface area (Å²) in [5.41, 5.74) is 0. The number of hydrogen-bond donors (Lipinski definition) is 0. The fourth-order valence-electron chi connectivity index (χ4n) is 1.52. The van der Waals surface area contributed by atoms with Crippen molar-refractivity contribution in [2.75, 3.05) is 19.7 Å². The van der Waals surface area contributed by atoms with Gasteiger partial charge in [0.25, 0.3) is 0 Å². The van der Waals surface area contributed by atoms with E-state index in [1.165, 1.54) is 0 Å². The Labute approximate surface area is 84.0 Å². The van der Waals surface area contributed by atoms with Crippen molar-refractivity contribution in [1.82, 2.24) is 4.90 Å². The van der Waals surface area contributed by atoms with E-state index in [0.717, 1.165) is 26.1 Å². The maximum atomic E-state index is 11.7. The number of epoxide rings is 1. The lowest BCUT2D eigenvalue weighted by molar-refractivity contribution is -0.130. The third kappa shape index (κ3) is 2.70. The van der Waals surface area contributed by atoms with E-state index in [0.29, 0.717) is 12.5 Å². The van der Waals surface area contributed by atoms with E-state index in [4.69, 9.17) is 4.74 Å². The minimum atomic E-state index is 0.209. The van der Waals surface area contributed by atoms with E-state index in [1.807, 2.05) is 23.1 Å². The third-order valence-corrected chi connectivity index (χ3v) is 2.42. The van der Waals surface area contributed by atoms with Crippen LogP contribution in [-0.2, 0) is 9.53 Å². The average molecular weight is 193 g/mol. The second-order valence-corrected chi connectivity index (χ2v) is 3.64. The largest absolute Gasteiger partial charge is 0.371 e. The van der Waals surface area contributed by atoms with Crippen molar-refractivity contribution in [2.24, 2.45) is 0 Å². The van der Waals surface area contributed by atoms with Crippen LogP contribution in [0.3, 0.4) is 0 Å². The molecule has 0 bridgehead atoms. The van der Waals surface area contributed by atoms with Gasteiger partial charge in [0, 0.05) is 19.5 Å². The molecule has 3 heteroatoms. The van der Waals surface area contributed by atoms with Crippen molar-refractivity contribution in [3.05, 3.63) is 24.3 Å². The molecule has 0 spiro atoms. The highest BCUT2D eigenvalue weighted by Gasteiger charge is 2.27. The number of hydrogen-bond acceptors (Lipinski definition) is 2. The van der Waals surface area contributed by atoms with Gasteiger partial charge in [0.05, 0.1) is 12.7 Å². The smallest absolute Gasteiger partial charge is 0.226 e. The molecule has 0 N–H and O–H groups in total. The Kier molecular flexibility index (Phi) is 2.99. The van der Waals surface area contributed by atoms with Crippen molar-refractivity contribution in [2.45, 2.75) is 18.9 Å². The van der Waals surface area contributed by atoms with Gasteiger partial charge in [-0.1, -0.05) is 24.3 Å². The Morgan fingerprint density at radius 1 is 1.43 bits per heavy atom. The number of allylic oxidation sites excluding steroid dienone is 2. The van der Waals surface area contributed by atoms with E-state index in [2.05, 4.69) is 6.08 Å². The van der Waals surface area contributed by atoms with E-state index >= 15 is 0 Å². The maximum absolute atomic E-state index is 11.7. The van der Waals surface area contributed by atoms with Crippen LogP contribution in [0.2, 0.25) is 0 Å². The first-order valence-electron chi connectivity index (χ1n) is 5.07. The number of ether oxygens (including phenoxy) is 1. The predicted octanol–water partition coefficient (Wildman–Crippen LogP) is 1.12. The van der Waals surface area contributed by atoms with Gasteiger partial charge in [-0.15, -0.1) is 0 Å². The van der Waals surface area contributed by atoms with E-state index in [1.54, 1.807) is 0 Å². The molecule has 0 aromatic rings. The van der Waals surface area contributed by atoms with Crippen LogP contribution >= 0.6 is 0 Å². The summed E-state index contributed by atoms with van der Waals surface area (Å²) in [6.45, 7) is 2.40. The van der Waals surface area contributed by atoms with Gasteiger partial charge >= 0.3 is 0 Å². The standard InChI is InChI=1S/C11H15NO2/c13-11-6-4-2-1-3-5-7-12(11)8-10-9-14-10/h1-4,10H,5-9H2/b3-1-,4-2-. The molecule has 2 heterocycles. The lowest BCUT2D eigenvalue weighted by atomic mass is 10.3. The lowest BCUT2D eigenvalue weighted by Crippen LogP contribution is -2.34. The van der Waals surface area contributed by atoms with Gasteiger partial charge in [0.2, 0.25) is 5.91 Å². The SMILES string of the molecule is O=C1C/C=C\C=C/CCN1CC1CO1. The van der Waals surface area contributed by atoms with Crippen LogP contribution in [0.5, 0.6) is 0 Å². The molecule has 1 atom stereocenters. The minimum absolute atomic E-state index is 0.209. The molecular weight excluding hydrogens is 178 g/mol. The van der Waals surface area contributed by atoms with Gasteiger partial charge in [-0.25, -0.2) is 0 Å². The van der Waals surface area contributed by atoms with Crippen LogP contribution in [0.25, 0.3) is 0 Å². The fourth-order valence-corrected chi connectivity index (χ4v) is 1.52. The van der Waals surface area contributed by atoms with Crippen molar-refractivity contribution in [3.63, 3.8) is 0 Å². The molecule has 3 nitrogen and oxygen atoms in total. The minimum Gasteiger partial charge on any atom is -0.371 e. The molecule has 2 aliphatic heterocycles. The van der Waals surface area contributed by atoms with Crippen LogP contribution in [0.15, 0.2) is 24.3 Å². The van der Waals surface area contributed by atoms with Gasteiger partial charge in [0.15, 0.2) is 0 Å². The van der Waals surface area contributed by atoms with Crippen molar-refractivity contribution in [3.8, 4) is 0 Å².